The van der Waals surface area contributed by atoms with Crippen LogP contribution in [0.3, 0.4) is 0 Å². The Morgan fingerprint density at radius 3 is 2.74 bits per heavy atom. The van der Waals surface area contributed by atoms with Crippen LogP contribution in [0.25, 0.3) is 0 Å². The SMILES string of the molecule is O=C(Nc1nc(Br)ns1)c1cccnc1C(F)(F)F. The standard InChI is InChI=1S/C9H4BrF3N4OS/c10-7-16-8(19-17-7)15-6(18)4-2-1-3-14-5(4)9(11,12)13/h1-3H,(H,15,16,17,18). The van der Waals surface area contributed by atoms with Gasteiger partial charge in [-0.1, -0.05) is 0 Å². The Hall–Kier alpha value is -1.55. The minimum atomic E-state index is -4.70. The van der Waals surface area contributed by atoms with E-state index >= 15 is 0 Å². The molecule has 0 unspecified atom stereocenters. The lowest BCUT2D eigenvalue weighted by atomic mass is 10.2. The fourth-order valence-corrected chi connectivity index (χ4v) is 2.22. The van der Waals surface area contributed by atoms with Gasteiger partial charge in [0.15, 0.2) is 5.69 Å². The number of amides is 1. The molecule has 2 aromatic rings. The van der Waals surface area contributed by atoms with Crippen molar-refractivity contribution in [3.8, 4) is 0 Å². The van der Waals surface area contributed by atoms with Crippen molar-refractivity contribution >= 4 is 38.5 Å². The van der Waals surface area contributed by atoms with Crippen LogP contribution in [-0.2, 0) is 6.18 Å². The Balaban J connectivity index is 2.29. The molecule has 0 atom stereocenters. The van der Waals surface area contributed by atoms with Crippen LogP contribution in [0.4, 0.5) is 18.3 Å². The normalized spacial score (nSPS) is 11.4. The molecule has 0 aliphatic rings. The molecule has 10 heteroatoms. The van der Waals surface area contributed by atoms with Crippen LogP contribution >= 0.6 is 27.5 Å². The average molecular weight is 353 g/mol. The highest BCUT2D eigenvalue weighted by Crippen LogP contribution is 2.30. The Labute approximate surface area is 117 Å². The molecule has 0 bridgehead atoms. The number of alkyl halides is 3. The van der Waals surface area contributed by atoms with Crippen molar-refractivity contribution in [2.45, 2.75) is 6.18 Å². The maximum Gasteiger partial charge on any atom is 0.434 e. The van der Waals surface area contributed by atoms with Gasteiger partial charge in [0.25, 0.3) is 5.91 Å². The first-order valence-electron chi connectivity index (χ1n) is 4.70. The number of aromatic nitrogens is 3. The Morgan fingerprint density at radius 1 is 1.42 bits per heavy atom. The third-order valence-corrected chi connectivity index (χ3v) is 3.16. The van der Waals surface area contributed by atoms with E-state index < -0.39 is 23.3 Å². The number of halogens is 4. The molecule has 2 rings (SSSR count). The van der Waals surface area contributed by atoms with Crippen molar-refractivity contribution in [2.75, 3.05) is 5.32 Å². The summed E-state index contributed by atoms with van der Waals surface area (Å²) in [5.41, 5.74) is -1.81. The second kappa shape index (κ2) is 5.21. The molecule has 1 amide bonds. The van der Waals surface area contributed by atoms with Crippen LogP contribution in [0.1, 0.15) is 16.1 Å². The van der Waals surface area contributed by atoms with E-state index in [0.717, 1.165) is 23.8 Å². The molecule has 19 heavy (non-hydrogen) atoms. The maximum atomic E-state index is 12.7. The number of nitrogens with zero attached hydrogens (tertiary/aromatic N) is 3. The molecule has 0 saturated heterocycles. The third kappa shape index (κ3) is 3.26. The van der Waals surface area contributed by atoms with E-state index in [1.807, 2.05) is 0 Å². The highest BCUT2D eigenvalue weighted by atomic mass is 79.9. The van der Waals surface area contributed by atoms with Crippen molar-refractivity contribution in [3.05, 3.63) is 34.3 Å². The molecule has 1 N–H and O–H groups in total. The number of hydrogen-bond donors (Lipinski definition) is 1. The van der Waals surface area contributed by atoms with Crippen molar-refractivity contribution in [3.63, 3.8) is 0 Å². The average Bonchev–Trinajstić information content (AvgIpc) is 2.73. The van der Waals surface area contributed by atoms with Crippen molar-refractivity contribution in [1.82, 2.24) is 14.3 Å². The Morgan fingerprint density at radius 2 is 2.16 bits per heavy atom. The monoisotopic (exact) mass is 352 g/mol. The lowest BCUT2D eigenvalue weighted by Gasteiger charge is -2.10. The van der Waals surface area contributed by atoms with Crippen LogP contribution in [0, 0.1) is 0 Å². The molecule has 0 saturated carbocycles. The zero-order valence-electron chi connectivity index (χ0n) is 8.90. The van der Waals surface area contributed by atoms with Gasteiger partial charge in [-0.15, -0.1) is 0 Å². The zero-order valence-corrected chi connectivity index (χ0v) is 11.3. The lowest BCUT2D eigenvalue weighted by Crippen LogP contribution is -2.20. The second-order valence-electron chi connectivity index (χ2n) is 3.22. The topological polar surface area (TPSA) is 67.8 Å². The highest BCUT2D eigenvalue weighted by Gasteiger charge is 2.37. The number of pyridine rings is 1. The second-order valence-corrected chi connectivity index (χ2v) is 4.68. The van der Waals surface area contributed by atoms with E-state index in [0.29, 0.717) is 0 Å². The van der Waals surface area contributed by atoms with Gasteiger partial charge >= 0.3 is 6.18 Å². The molecule has 0 aromatic carbocycles. The van der Waals surface area contributed by atoms with Crippen LogP contribution in [0.15, 0.2) is 23.1 Å². The first-order chi connectivity index (χ1) is 8.88. The molecule has 0 spiro atoms. The molecule has 100 valence electrons. The van der Waals surface area contributed by atoms with Gasteiger partial charge in [0, 0.05) is 17.7 Å². The summed E-state index contributed by atoms with van der Waals surface area (Å²) in [5.74, 6) is -0.941. The van der Waals surface area contributed by atoms with Gasteiger partial charge in [-0.05, 0) is 28.1 Å². The van der Waals surface area contributed by atoms with Gasteiger partial charge in [-0.3, -0.25) is 15.1 Å². The summed E-state index contributed by atoms with van der Waals surface area (Å²) in [5, 5.41) is 2.32. The van der Waals surface area contributed by atoms with Gasteiger partial charge in [-0.25, -0.2) is 0 Å². The fraction of sp³-hybridized carbons (Fsp3) is 0.111. The predicted octanol–water partition coefficient (Wildman–Crippen LogP) is 2.97. The van der Waals surface area contributed by atoms with Crippen LogP contribution in [-0.4, -0.2) is 20.2 Å². The van der Waals surface area contributed by atoms with E-state index in [-0.39, 0.29) is 9.87 Å². The molecule has 0 aliphatic carbocycles. The maximum absolute atomic E-state index is 12.7. The fourth-order valence-electron chi connectivity index (χ4n) is 1.24. The smallest absolute Gasteiger partial charge is 0.297 e. The van der Waals surface area contributed by atoms with Gasteiger partial charge < -0.3 is 0 Å². The summed E-state index contributed by atoms with van der Waals surface area (Å²) in [7, 11) is 0. The largest absolute Gasteiger partial charge is 0.434 e. The molecule has 0 aliphatic heterocycles. The first kappa shape index (κ1) is 13.9. The summed E-state index contributed by atoms with van der Waals surface area (Å²) >= 11 is 3.81. The zero-order chi connectivity index (χ0) is 14.0. The van der Waals surface area contributed by atoms with Crippen LogP contribution in [0.5, 0.6) is 0 Å². The minimum Gasteiger partial charge on any atom is -0.297 e. The van der Waals surface area contributed by atoms with E-state index in [1.54, 1.807) is 0 Å². The lowest BCUT2D eigenvalue weighted by molar-refractivity contribution is -0.141. The number of hydrogen-bond acceptors (Lipinski definition) is 5. The highest BCUT2D eigenvalue weighted by molar-refractivity contribution is 9.10. The van der Waals surface area contributed by atoms with Crippen LogP contribution in [0.2, 0.25) is 0 Å². The quantitative estimate of drug-likeness (QED) is 0.902. The number of anilines is 1. The molecular formula is C9H4BrF3N4OS. The van der Waals surface area contributed by atoms with Crippen LogP contribution < -0.4 is 5.32 Å². The van der Waals surface area contributed by atoms with Gasteiger partial charge in [-0.2, -0.15) is 22.5 Å². The van der Waals surface area contributed by atoms with E-state index in [2.05, 4.69) is 35.6 Å². The third-order valence-electron chi connectivity index (χ3n) is 1.94. The molecular weight excluding hydrogens is 349 g/mol. The summed E-state index contributed by atoms with van der Waals surface area (Å²) in [6, 6.07) is 2.29. The number of nitrogens with one attached hydrogen (secondary N) is 1. The van der Waals surface area contributed by atoms with Crippen molar-refractivity contribution < 1.29 is 18.0 Å². The first-order valence-corrected chi connectivity index (χ1v) is 6.27. The Bertz CT molecular complexity index is 616. The molecule has 2 aromatic heterocycles. The molecule has 5 nitrogen and oxygen atoms in total. The summed E-state index contributed by atoms with van der Waals surface area (Å²) < 4.78 is 42.0. The number of carbonyl (C=O) groups excluding carboxylic acids is 1. The summed E-state index contributed by atoms with van der Waals surface area (Å²) in [6.45, 7) is 0. The van der Waals surface area contributed by atoms with Crippen molar-refractivity contribution in [2.24, 2.45) is 0 Å². The molecule has 2 heterocycles. The molecule has 0 radical (unpaired) electrons. The van der Waals surface area contributed by atoms with Gasteiger partial charge in [0.2, 0.25) is 9.87 Å². The molecule has 0 fully saturated rings. The Kier molecular flexibility index (Phi) is 3.80. The van der Waals surface area contributed by atoms with E-state index in [1.165, 1.54) is 6.07 Å². The number of rotatable bonds is 2. The van der Waals surface area contributed by atoms with E-state index in [4.69, 9.17) is 0 Å². The van der Waals surface area contributed by atoms with Gasteiger partial charge in [0.1, 0.15) is 0 Å². The van der Waals surface area contributed by atoms with E-state index in [9.17, 15) is 18.0 Å². The summed E-state index contributed by atoms with van der Waals surface area (Å²) in [6.07, 6.45) is -3.73. The van der Waals surface area contributed by atoms with Gasteiger partial charge in [0.05, 0.1) is 5.56 Å². The van der Waals surface area contributed by atoms with Crippen molar-refractivity contribution in [1.29, 1.82) is 0 Å². The summed E-state index contributed by atoms with van der Waals surface area (Å²) in [4.78, 5) is 18.7. The minimum absolute atomic E-state index is 0.0915. The predicted molar refractivity (Wildman–Crippen MR) is 64.8 cm³/mol. The number of carbonyl (C=O) groups is 1.